The lowest BCUT2D eigenvalue weighted by Crippen LogP contribution is -2.42. The van der Waals surface area contributed by atoms with Crippen LogP contribution in [0, 0.1) is 0 Å². The number of benzene rings is 1. The van der Waals surface area contributed by atoms with Crippen molar-refractivity contribution in [2.45, 2.75) is 12.5 Å². The molecule has 1 aliphatic rings. The Morgan fingerprint density at radius 2 is 2.24 bits per heavy atom. The lowest BCUT2D eigenvalue weighted by Gasteiger charge is -2.24. The number of ether oxygens (including phenoxy) is 3. The summed E-state index contributed by atoms with van der Waals surface area (Å²) in [4.78, 5) is 0. The average Bonchev–Trinajstić information content (AvgIpc) is 2.40. The largest absolute Gasteiger partial charge is 0.497 e. The van der Waals surface area contributed by atoms with Crippen molar-refractivity contribution in [3.8, 4) is 11.5 Å². The average molecular weight is 237 g/mol. The van der Waals surface area contributed by atoms with E-state index in [-0.39, 0.29) is 0 Å². The monoisotopic (exact) mass is 237 g/mol. The van der Waals surface area contributed by atoms with Gasteiger partial charge in [-0.05, 0) is 30.2 Å². The fourth-order valence-corrected chi connectivity index (χ4v) is 2.06. The zero-order valence-electron chi connectivity index (χ0n) is 10.4. The van der Waals surface area contributed by atoms with E-state index in [0.717, 1.165) is 43.2 Å². The molecule has 1 N–H and O–H groups in total. The highest BCUT2D eigenvalue weighted by molar-refractivity contribution is 5.40. The highest BCUT2D eigenvalue weighted by Gasteiger charge is 2.16. The molecule has 1 saturated heterocycles. The molecule has 1 heterocycles. The van der Waals surface area contributed by atoms with Crippen LogP contribution in [0.15, 0.2) is 18.2 Å². The molecule has 17 heavy (non-hydrogen) atoms. The molecule has 0 saturated carbocycles. The Hall–Kier alpha value is -1.26. The summed E-state index contributed by atoms with van der Waals surface area (Å²) in [6, 6.07) is 6.23. The van der Waals surface area contributed by atoms with Crippen LogP contribution in [0.1, 0.15) is 5.56 Å². The minimum atomic E-state index is 0.352. The van der Waals surface area contributed by atoms with Crippen LogP contribution in [-0.2, 0) is 11.2 Å². The van der Waals surface area contributed by atoms with Gasteiger partial charge in [-0.1, -0.05) is 0 Å². The fraction of sp³-hybridized carbons (Fsp3) is 0.538. The first kappa shape index (κ1) is 12.2. The number of hydrogen-bond acceptors (Lipinski definition) is 4. The van der Waals surface area contributed by atoms with Crippen LogP contribution in [0.2, 0.25) is 0 Å². The third-order valence-corrected chi connectivity index (χ3v) is 2.95. The fourth-order valence-electron chi connectivity index (χ4n) is 2.06. The number of hydrogen-bond donors (Lipinski definition) is 1. The van der Waals surface area contributed by atoms with E-state index in [1.165, 1.54) is 0 Å². The Morgan fingerprint density at radius 3 is 2.88 bits per heavy atom. The molecule has 0 aliphatic carbocycles. The van der Waals surface area contributed by atoms with Gasteiger partial charge in [-0.3, -0.25) is 0 Å². The normalized spacial score (nSPS) is 20.0. The maximum Gasteiger partial charge on any atom is 0.122 e. The van der Waals surface area contributed by atoms with Gasteiger partial charge in [0.15, 0.2) is 0 Å². The maximum absolute atomic E-state index is 5.45. The molecule has 4 heteroatoms. The van der Waals surface area contributed by atoms with Gasteiger partial charge in [0.25, 0.3) is 0 Å². The van der Waals surface area contributed by atoms with Gasteiger partial charge < -0.3 is 19.5 Å². The zero-order chi connectivity index (χ0) is 12.1. The number of methoxy groups -OCH3 is 2. The van der Waals surface area contributed by atoms with Gasteiger partial charge >= 0.3 is 0 Å². The minimum Gasteiger partial charge on any atom is -0.497 e. The minimum absolute atomic E-state index is 0.352. The van der Waals surface area contributed by atoms with Gasteiger partial charge in [0.2, 0.25) is 0 Å². The van der Waals surface area contributed by atoms with Crippen molar-refractivity contribution in [3.63, 3.8) is 0 Å². The molecule has 1 aromatic rings. The van der Waals surface area contributed by atoms with Gasteiger partial charge in [-0.25, -0.2) is 0 Å². The van der Waals surface area contributed by atoms with Gasteiger partial charge in [-0.2, -0.15) is 0 Å². The molecule has 1 aliphatic heterocycles. The summed E-state index contributed by atoms with van der Waals surface area (Å²) in [5.41, 5.74) is 1.15. The van der Waals surface area contributed by atoms with Crippen molar-refractivity contribution in [1.29, 1.82) is 0 Å². The molecule has 1 fully saturated rings. The van der Waals surface area contributed by atoms with E-state index in [4.69, 9.17) is 14.2 Å². The van der Waals surface area contributed by atoms with Crippen molar-refractivity contribution in [2.75, 3.05) is 34.0 Å². The van der Waals surface area contributed by atoms with Crippen LogP contribution in [0.25, 0.3) is 0 Å². The lowest BCUT2D eigenvalue weighted by atomic mass is 10.0. The molecule has 1 unspecified atom stereocenters. The van der Waals surface area contributed by atoms with Crippen molar-refractivity contribution in [3.05, 3.63) is 23.8 Å². The Bertz CT molecular complexity index is 362. The van der Waals surface area contributed by atoms with Crippen LogP contribution in [0.3, 0.4) is 0 Å². The van der Waals surface area contributed by atoms with E-state index >= 15 is 0 Å². The van der Waals surface area contributed by atoms with E-state index in [0.29, 0.717) is 6.04 Å². The number of nitrogens with one attached hydrogen (secondary N) is 1. The van der Waals surface area contributed by atoms with E-state index < -0.39 is 0 Å². The molecule has 4 nitrogen and oxygen atoms in total. The molecule has 2 rings (SSSR count). The molecule has 0 aromatic heterocycles. The third-order valence-electron chi connectivity index (χ3n) is 2.95. The van der Waals surface area contributed by atoms with E-state index in [9.17, 15) is 0 Å². The molecule has 1 atom stereocenters. The van der Waals surface area contributed by atoms with Crippen LogP contribution in [0.4, 0.5) is 0 Å². The van der Waals surface area contributed by atoms with Crippen molar-refractivity contribution >= 4 is 0 Å². The highest BCUT2D eigenvalue weighted by Crippen LogP contribution is 2.25. The molecule has 0 amide bonds. The first-order chi connectivity index (χ1) is 8.33. The molecule has 0 spiro atoms. The number of morpholine rings is 1. The third kappa shape index (κ3) is 3.11. The summed E-state index contributed by atoms with van der Waals surface area (Å²) in [5.74, 6) is 1.76. The first-order valence-electron chi connectivity index (χ1n) is 5.85. The summed E-state index contributed by atoms with van der Waals surface area (Å²) in [7, 11) is 3.36. The summed E-state index contributed by atoms with van der Waals surface area (Å²) >= 11 is 0. The van der Waals surface area contributed by atoms with Crippen molar-refractivity contribution in [1.82, 2.24) is 5.32 Å². The second-order valence-corrected chi connectivity index (χ2v) is 4.11. The summed E-state index contributed by atoms with van der Waals surface area (Å²) < 4.78 is 16.0. The molecular formula is C13H19NO3. The molecule has 0 radical (unpaired) electrons. The Morgan fingerprint density at radius 1 is 1.35 bits per heavy atom. The highest BCUT2D eigenvalue weighted by atomic mass is 16.5. The smallest absolute Gasteiger partial charge is 0.122 e. The summed E-state index contributed by atoms with van der Waals surface area (Å²) in [5, 5.41) is 3.43. The predicted octanol–water partition coefficient (Wildman–Crippen LogP) is 1.23. The van der Waals surface area contributed by atoms with E-state index in [2.05, 4.69) is 5.32 Å². The predicted molar refractivity (Wildman–Crippen MR) is 65.9 cm³/mol. The Labute approximate surface area is 102 Å². The van der Waals surface area contributed by atoms with Crippen molar-refractivity contribution < 1.29 is 14.2 Å². The first-order valence-corrected chi connectivity index (χ1v) is 5.85. The van der Waals surface area contributed by atoms with E-state index in [1.54, 1.807) is 14.2 Å². The zero-order valence-corrected chi connectivity index (χ0v) is 10.4. The topological polar surface area (TPSA) is 39.7 Å². The Kier molecular flexibility index (Phi) is 4.23. The quantitative estimate of drug-likeness (QED) is 0.855. The van der Waals surface area contributed by atoms with Gasteiger partial charge in [0.1, 0.15) is 11.5 Å². The lowest BCUT2D eigenvalue weighted by molar-refractivity contribution is 0.0768. The van der Waals surface area contributed by atoms with Crippen LogP contribution in [0.5, 0.6) is 11.5 Å². The van der Waals surface area contributed by atoms with Gasteiger partial charge in [-0.15, -0.1) is 0 Å². The van der Waals surface area contributed by atoms with E-state index in [1.807, 2.05) is 18.2 Å². The van der Waals surface area contributed by atoms with Gasteiger partial charge in [0.05, 0.1) is 27.4 Å². The molecular weight excluding hydrogens is 218 g/mol. The SMILES string of the molecule is COc1ccc(OC)c(CC2COCCN2)c1. The van der Waals surface area contributed by atoms with Crippen LogP contribution in [-0.4, -0.2) is 40.0 Å². The molecule has 0 bridgehead atoms. The molecule has 94 valence electrons. The molecule has 1 aromatic carbocycles. The van der Waals surface area contributed by atoms with Crippen LogP contribution >= 0.6 is 0 Å². The maximum atomic E-state index is 5.45. The van der Waals surface area contributed by atoms with Gasteiger partial charge in [0, 0.05) is 12.6 Å². The second-order valence-electron chi connectivity index (χ2n) is 4.11. The van der Waals surface area contributed by atoms with Crippen molar-refractivity contribution in [2.24, 2.45) is 0 Å². The standard InChI is InChI=1S/C13H19NO3/c1-15-12-3-4-13(16-2)10(8-12)7-11-9-17-6-5-14-11/h3-4,8,11,14H,5-7,9H2,1-2H3. The number of rotatable bonds is 4. The summed E-state index contributed by atoms with van der Waals surface area (Å²) in [6.45, 7) is 2.46. The summed E-state index contributed by atoms with van der Waals surface area (Å²) in [6.07, 6.45) is 0.889. The van der Waals surface area contributed by atoms with Crippen LogP contribution < -0.4 is 14.8 Å². The second kappa shape index (κ2) is 5.89. The Balaban J connectivity index is 2.11.